The molecule has 3 atom stereocenters. The zero-order valence-corrected chi connectivity index (χ0v) is 25.2. The number of halogens is 2. The number of aromatic nitrogens is 3. The minimum absolute atomic E-state index is 0.0261. The van der Waals surface area contributed by atoms with Gasteiger partial charge in [-0.15, -0.1) is 0 Å². The lowest BCUT2D eigenvalue weighted by Crippen LogP contribution is -2.58. The molecule has 0 saturated carbocycles. The Bertz CT molecular complexity index is 1800. The highest BCUT2D eigenvalue weighted by atomic mass is 19.1. The Kier molecular flexibility index (Phi) is 6.14. The number of hydrogen-bond acceptors (Lipinski definition) is 7. The van der Waals surface area contributed by atoms with Gasteiger partial charge in [-0.25, -0.2) is 13.8 Å². The number of anilines is 1. The predicted molar refractivity (Wildman–Crippen MR) is 167 cm³/mol. The molecule has 4 fully saturated rings. The highest BCUT2D eigenvalue weighted by Gasteiger charge is 2.46. The van der Waals surface area contributed by atoms with Gasteiger partial charge < -0.3 is 15.0 Å². The number of hydrogen-bond donors (Lipinski definition) is 1. The monoisotopic (exact) mass is 596 g/mol. The molecular formula is C35H38F2N6O. The smallest absolute Gasteiger partial charge is 0.319 e. The highest BCUT2D eigenvalue weighted by molar-refractivity contribution is 6.01. The van der Waals surface area contributed by atoms with Crippen molar-refractivity contribution in [3.05, 3.63) is 53.2 Å². The van der Waals surface area contributed by atoms with Crippen LogP contribution < -0.4 is 15.0 Å². The molecule has 9 rings (SSSR count). The average molecular weight is 597 g/mol. The van der Waals surface area contributed by atoms with Crippen LogP contribution in [0.4, 0.5) is 14.6 Å². The molecule has 1 N–H and O–H groups in total. The molecular weight excluding hydrogens is 558 g/mol. The molecule has 7 nitrogen and oxygen atoms in total. The third-order valence-corrected chi connectivity index (χ3v) is 11.3. The highest BCUT2D eigenvalue weighted by Crippen LogP contribution is 2.43. The van der Waals surface area contributed by atoms with Gasteiger partial charge in [-0.3, -0.25) is 4.90 Å². The molecule has 2 aromatic heterocycles. The second kappa shape index (κ2) is 10.0. The van der Waals surface area contributed by atoms with E-state index in [4.69, 9.17) is 19.7 Å². The summed E-state index contributed by atoms with van der Waals surface area (Å²) in [6.45, 7) is 5.31. The molecule has 7 heterocycles. The van der Waals surface area contributed by atoms with Gasteiger partial charge >= 0.3 is 6.01 Å². The molecule has 5 aliphatic rings. The maximum Gasteiger partial charge on any atom is 0.319 e. The van der Waals surface area contributed by atoms with E-state index in [0.717, 1.165) is 75.1 Å². The second-order valence-corrected chi connectivity index (χ2v) is 13.7. The molecule has 2 aromatic carbocycles. The van der Waals surface area contributed by atoms with Crippen LogP contribution in [0.3, 0.4) is 0 Å². The Balaban J connectivity index is 1.25. The second-order valence-electron chi connectivity index (χ2n) is 13.7. The topological polar surface area (TPSA) is 66.4 Å². The van der Waals surface area contributed by atoms with Gasteiger partial charge in [0.25, 0.3) is 0 Å². The summed E-state index contributed by atoms with van der Waals surface area (Å²) in [5.74, 6) is -0.0498. The molecule has 4 aromatic rings. The molecule has 5 aliphatic heterocycles. The number of rotatable bonds is 4. The summed E-state index contributed by atoms with van der Waals surface area (Å²) in [6, 6.07) is 10.2. The molecule has 0 unspecified atom stereocenters. The number of fused-ring (bicyclic) bond motifs is 7. The molecule has 4 saturated heterocycles. The summed E-state index contributed by atoms with van der Waals surface area (Å²) in [5.41, 5.74) is 2.39. The summed E-state index contributed by atoms with van der Waals surface area (Å²) in [6.07, 6.45) is 9.53. The van der Waals surface area contributed by atoms with E-state index in [1.54, 1.807) is 13.0 Å². The van der Waals surface area contributed by atoms with E-state index in [1.165, 1.54) is 18.9 Å². The first-order valence-electron chi connectivity index (χ1n) is 16.5. The number of benzene rings is 2. The van der Waals surface area contributed by atoms with Crippen LogP contribution in [0, 0.1) is 18.6 Å². The van der Waals surface area contributed by atoms with Gasteiger partial charge in [-0.1, -0.05) is 24.3 Å². The van der Waals surface area contributed by atoms with Crippen LogP contribution in [0.15, 0.2) is 30.3 Å². The molecule has 44 heavy (non-hydrogen) atoms. The predicted octanol–water partition coefficient (Wildman–Crippen LogP) is 6.08. The van der Waals surface area contributed by atoms with Crippen molar-refractivity contribution >= 4 is 27.5 Å². The molecule has 0 radical (unpaired) electrons. The first-order chi connectivity index (χ1) is 21.5. The van der Waals surface area contributed by atoms with Crippen LogP contribution in [-0.4, -0.2) is 69.8 Å². The first-order valence-corrected chi connectivity index (χ1v) is 16.5. The maximum absolute atomic E-state index is 17.1. The van der Waals surface area contributed by atoms with E-state index in [0.29, 0.717) is 47.0 Å². The van der Waals surface area contributed by atoms with Crippen LogP contribution in [0.5, 0.6) is 6.01 Å². The molecule has 9 heteroatoms. The minimum atomic E-state index is -0.495. The zero-order chi connectivity index (χ0) is 29.6. The van der Waals surface area contributed by atoms with Crippen molar-refractivity contribution in [2.75, 3.05) is 31.1 Å². The Labute approximate surface area is 256 Å². The van der Waals surface area contributed by atoms with Gasteiger partial charge in [0.2, 0.25) is 0 Å². The largest absolute Gasteiger partial charge is 0.461 e. The standard InChI is InChI=1S/C35H38F2N6O/c1-20-24(36)12-10-21-6-2-7-23(28(20)21)31-30(37)32-29-26(39-31)8-3-9-27-25-13-11-22(38-25)18-43(27)33(29)41-34(40-32)44-19-35-14-4-16-42(35)17-5-15-35/h2,6-7,10,12,22,25,27,38H,3-5,8-9,11,13-19H2,1H3/t22-,25+,27+/m0/s1. The van der Waals surface area contributed by atoms with Gasteiger partial charge in [0.15, 0.2) is 5.82 Å². The number of piperazine rings is 1. The summed E-state index contributed by atoms with van der Waals surface area (Å²) < 4.78 is 38.4. The van der Waals surface area contributed by atoms with E-state index < -0.39 is 5.82 Å². The van der Waals surface area contributed by atoms with Gasteiger partial charge in [0.05, 0.1) is 16.6 Å². The van der Waals surface area contributed by atoms with Crippen LogP contribution in [0.2, 0.25) is 0 Å². The molecule has 228 valence electrons. The molecule has 2 bridgehead atoms. The first kappa shape index (κ1) is 26.9. The van der Waals surface area contributed by atoms with Crippen LogP contribution in [-0.2, 0) is 6.42 Å². The van der Waals surface area contributed by atoms with Crippen LogP contribution >= 0.6 is 0 Å². The van der Waals surface area contributed by atoms with Gasteiger partial charge in [0.1, 0.15) is 29.5 Å². The van der Waals surface area contributed by atoms with Crippen molar-refractivity contribution < 1.29 is 13.5 Å². The number of pyridine rings is 1. The lowest BCUT2D eigenvalue weighted by atomic mass is 9.93. The number of nitrogens with zero attached hydrogens (tertiary/aromatic N) is 5. The molecule has 0 amide bonds. The Morgan fingerprint density at radius 2 is 1.84 bits per heavy atom. The minimum Gasteiger partial charge on any atom is -0.461 e. The Morgan fingerprint density at radius 3 is 2.70 bits per heavy atom. The summed E-state index contributed by atoms with van der Waals surface area (Å²) in [4.78, 5) is 19.9. The summed E-state index contributed by atoms with van der Waals surface area (Å²) in [5, 5.41) is 6.06. The third-order valence-electron chi connectivity index (χ3n) is 11.3. The fraction of sp³-hybridized carbons (Fsp3) is 0.514. The van der Waals surface area contributed by atoms with Gasteiger partial charge in [-0.2, -0.15) is 9.97 Å². The molecule has 0 spiro atoms. The fourth-order valence-corrected chi connectivity index (χ4v) is 9.20. The molecule has 0 aliphatic carbocycles. The van der Waals surface area contributed by atoms with Crippen molar-refractivity contribution in [3.8, 4) is 17.3 Å². The summed E-state index contributed by atoms with van der Waals surface area (Å²) >= 11 is 0. The van der Waals surface area contributed by atoms with Crippen molar-refractivity contribution in [3.63, 3.8) is 0 Å². The van der Waals surface area contributed by atoms with Crippen molar-refractivity contribution in [2.24, 2.45) is 0 Å². The fourth-order valence-electron chi connectivity index (χ4n) is 9.20. The number of nitrogens with one attached hydrogen (secondary N) is 1. The average Bonchev–Trinajstić information content (AvgIpc) is 3.73. The van der Waals surface area contributed by atoms with Crippen LogP contribution in [0.25, 0.3) is 32.9 Å². The lowest BCUT2D eigenvalue weighted by molar-refractivity contribution is 0.108. The van der Waals surface area contributed by atoms with Gasteiger partial charge in [-0.05, 0) is 100 Å². The SMILES string of the molecule is Cc1c(F)ccc2cccc(-c3nc4c5c(nc(OCC67CCCN6CCC7)nc5c3F)N3C[C@@H]5CC[C@@H](N5)[C@H]3CCC4)c12. The van der Waals surface area contributed by atoms with E-state index in [-0.39, 0.29) is 34.6 Å². The summed E-state index contributed by atoms with van der Waals surface area (Å²) in [7, 11) is 0. The zero-order valence-electron chi connectivity index (χ0n) is 25.2. The Hall–Kier alpha value is -3.43. The van der Waals surface area contributed by atoms with Crippen LogP contribution in [0.1, 0.15) is 62.6 Å². The van der Waals surface area contributed by atoms with Crippen molar-refractivity contribution in [2.45, 2.75) is 88.4 Å². The van der Waals surface area contributed by atoms with E-state index in [2.05, 4.69) is 15.1 Å². The van der Waals surface area contributed by atoms with Crippen molar-refractivity contribution in [1.82, 2.24) is 25.2 Å². The van der Waals surface area contributed by atoms with Crippen molar-refractivity contribution in [1.29, 1.82) is 0 Å². The number of aryl methyl sites for hydroxylation is 2. The lowest BCUT2D eigenvalue weighted by Gasteiger charge is -2.43. The van der Waals surface area contributed by atoms with E-state index >= 15 is 4.39 Å². The normalized spacial score (nSPS) is 25.7. The number of ether oxygens (including phenoxy) is 1. The van der Waals surface area contributed by atoms with Gasteiger partial charge in [0, 0.05) is 30.2 Å². The quantitative estimate of drug-likeness (QED) is 0.306. The Morgan fingerprint density at radius 1 is 0.977 bits per heavy atom. The maximum atomic E-state index is 17.1. The van der Waals surface area contributed by atoms with E-state index in [1.807, 2.05) is 18.2 Å². The van der Waals surface area contributed by atoms with E-state index in [9.17, 15) is 4.39 Å². The third kappa shape index (κ3) is 4.01.